The maximum atomic E-state index is 12.5. The summed E-state index contributed by atoms with van der Waals surface area (Å²) in [6, 6.07) is 4.92. The average Bonchev–Trinajstić information content (AvgIpc) is 2.84. The van der Waals surface area contributed by atoms with Crippen molar-refractivity contribution in [3.8, 4) is 0 Å². The van der Waals surface area contributed by atoms with Gasteiger partial charge in [0, 0.05) is 28.5 Å². The molecule has 0 saturated carbocycles. The van der Waals surface area contributed by atoms with E-state index in [0.29, 0.717) is 26.9 Å². The monoisotopic (exact) mass is 414 g/mol. The summed E-state index contributed by atoms with van der Waals surface area (Å²) in [6.07, 6.45) is 2.27. The second-order valence-electron chi connectivity index (χ2n) is 6.49. The first-order chi connectivity index (χ1) is 12.2. The van der Waals surface area contributed by atoms with Gasteiger partial charge in [-0.1, -0.05) is 50.0 Å². The van der Waals surface area contributed by atoms with E-state index in [-0.39, 0.29) is 24.2 Å². The number of hydrogen-bond acceptors (Lipinski definition) is 4. The molecule has 0 aromatic heterocycles. The maximum Gasteiger partial charge on any atom is 0.293 e. The van der Waals surface area contributed by atoms with Crippen LogP contribution in [0.25, 0.3) is 6.08 Å². The highest BCUT2D eigenvalue weighted by Gasteiger charge is 2.35. The van der Waals surface area contributed by atoms with Crippen molar-refractivity contribution in [1.29, 1.82) is 0 Å². The Labute approximate surface area is 167 Å². The molecule has 2 rings (SSSR count). The minimum absolute atomic E-state index is 0.101. The number of rotatable bonds is 6. The molecule has 140 valence electrons. The fourth-order valence-corrected chi connectivity index (χ4v) is 3.45. The van der Waals surface area contributed by atoms with Crippen molar-refractivity contribution in [3.05, 3.63) is 38.7 Å². The Morgan fingerprint density at radius 1 is 1.31 bits per heavy atom. The maximum absolute atomic E-state index is 12.5. The number of benzene rings is 1. The van der Waals surface area contributed by atoms with E-state index in [1.807, 2.05) is 20.8 Å². The summed E-state index contributed by atoms with van der Waals surface area (Å²) >= 11 is 12.8. The lowest BCUT2D eigenvalue weighted by Crippen LogP contribution is -2.42. The number of nitrogens with one attached hydrogen (secondary N) is 1. The van der Waals surface area contributed by atoms with Crippen LogP contribution in [-0.2, 0) is 9.59 Å². The van der Waals surface area contributed by atoms with Gasteiger partial charge in [-0.05, 0) is 42.0 Å². The van der Waals surface area contributed by atoms with Crippen LogP contribution >= 0.6 is 35.0 Å². The molecular weight excluding hydrogens is 395 g/mol. The molecule has 8 heteroatoms. The highest BCUT2D eigenvalue weighted by Crippen LogP contribution is 2.33. The predicted octanol–water partition coefficient (Wildman–Crippen LogP) is 4.58. The molecule has 1 N–H and O–H groups in total. The fraction of sp³-hybridized carbons (Fsp3) is 0.389. The molecule has 5 nitrogen and oxygen atoms in total. The zero-order chi connectivity index (χ0) is 19.5. The normalized spacial score (nSPS) is 16.5. The Hall–Kier alpha value is -1.50. The second-order valence-corrected chi connectivity index (χ2v) is 8.33. The van der Waals surface area contributed by atoms with Gasteiger partial charge in [0.2, 0.25) is 5.91 Å². The summed E-state index contributed by atoms with van der Waals surface area (Å²) in [6.45, 7) is 5.97. The molecule has 0 spiro atoms. The molecule has 0 bridgehead atoms. The quantitative estimate of drug-likeness (QED) is 0.691. The Morgan fingerprint density at radius 3 is 2.62 bits per heavy atom. The largest absolute Gasteiger partial charge is 0.354 e. The molecule has 1 aliphatic heterocycles. The standard InChI is InChI=1S/C18H20Cl2N2O3S/c1-4-18(2,3)16(24)21-7-8-22-15(23)14(26-17(22)25)9-11-5-6-12(19)10-13(11)20/h5-6,9-10H,4,7-8H2,1-3H3,(H,21,24)/b14-9-. The molecule has 0 aliphatic carbocycles. The lowest BCUT2D eigenvalue weighted by molar-refractivity contribution is -0.130. The Bertz CT molecular complexity index is 778. The lowest BCUT2D eigenvalue weighted by Gasteiger charge is -2.22. The first kappa shape index (κ1) is 20.8. The molecular formula is C18H20Cl2N2O3S. The van der Waals surface area contributed by atoms with Gasteiger partial charge in [-0.3, -0.25) is 19.3 Å². The summed E-state index contributed by atoms with van der Waals surface area (Å²) in [5.41, 5.74) is 0.129. The van der Waals surface area contributed by atoms with Crippen LogP contribution in [0.15, 0.2) is 23.1 Å². The first-order valence-corrected chi connectivity index (χ1v) is 9.71. The van der Waals surface area contributed by atoms with E-state index in [9.17, 15) is 14.4 Å². The van der Waals surface area contributed by atoms with Gasteiger partial charge in [-0.15, -0.1) is 0 Å². The molecule has 0 unspecified atom stereocenters. The third-order valence-electron chi connectivity index (χ3n) is 4.24. The number of hydrogen-bond donors (Lipinski definition) is 1. The highest BCUT2D eigenvalue weighted by molar-refractivity contribution is 8.18. The summed E-state index contributed by atoms with van der Waals surface area (Å²) in [5, 5.41) is 3.30. The second kappa shape index (κ2) is 8.46. The molecule has 1 heterocycles. The SMILES string of the molecule is CCC(C)(C)C(=O)NCCN1C(=O)S/C(=C\c2ccc(Cl)cc2Cl)C1=O. The molecule has 1 aromatic carbocycles. The van der Waals surface area contributed by atoms with Crippen LogP contribution in [0, 0.1) is 5.41 Å². The lowest BCUT2D eigenvalue weighted by atomic mass is 9.89. The van der Waals surface area contributed by atoms with Crippen LogP contribution in [0.4, 0.5) is 4.79 Å². The highest BCUT2D eigenvalue weighted by atomic mass is 35.5. The number of nitrogens with zero attached hydrogens (tertiary/aromatic N) is 1. The molecule has 1 fully saturated rings. The third kappa shape index (κ3) is 4.81. The smallest absolute Gasteiger partial charge is 0.293 e. The van der Waals surface area contributed by atoms with Gasteiger partial charge in [0.15, 0.2) is 0 Å². The van der Waals surface area contributed by atoms with Crippen molar-refractivity contribution in [1.82, 2.24) is 10.2 Å². The summed E-state index contributed by atoms with van der Waals surface area (Å²) in [4.78, 5) is 38.1. The van der Waals surface area contributed by atoms with E-state index < -0.39 is 11.3 Å². The van der Waals surface area contributed by atoms with Gasteiger partial charge in [0.1, 0.15) is 0 Å². The van der Waals surface area contributed by atoms with Crippen molar-refractivity contribution < 1.29 is 14.4 Å². The van der Waals surface area contributed by atoms with Crippen molar-refractivity contribution in [2.75, 3.05) is 13.1 Å². The Morgan fingerprint density at radius 2 is 2.00 bits per heavy atom. The van der Waals surface area contributed by atoms with Crippen molar-refractivity contribution >= 4 is 58.1 Å². The number of halogens is 2. The van der Waals surface area contributed by atoms with E-state index in [2.05, 4.69) is 5.32 Å². The number of carbonyl (C=O) groups excluding carboxylic acids is 3. The topological polar surface area (TPSA) is 66.5 Å². The average molecular weight is 415 g/mol. The Kier molecular flexibility index (Phi) is 6.77. The summed E-state index contributed by atoms with van der Waals surface area (Å²) in [7, 11) is 0. The van der Waals surface area contributed by atoms with E-state index in [1.54, 1.807) is 24.3 Å². The summed E-state index contributed by atoms with van der Waals surface area (Å²) in [5.74, 6) is -0.495. The third-order valence-corrected chi connectivity index (χ3v) is 5.71. The zero-order valence-corrected chi connectivity index (χ0v) is 17.1. The van der Waals surface area contributed by atoms with Crippen molar-refractivity contribution in [2.45, 2.75) is 27.2 Å². The van der Waals surface area contributed by atoms with Gasteiger partial charge in [0.05, 0.1) is 4.91 Å². The van der Waals surface area contributed by atoms with Crippen LogP contribution in [-0.4, -0.2) is 35.0 Å². The van der Waals surface area contributed by atoms with Crippen LogP contribution in [0.3, 0.4) is 0 Å². The van der Waals surface area contributed by atoms with E-state index in [4.69, 9.17) is 23.2 Å². The van der Waals surface area contributed by atoms with Crippen LogP contribution < -0.4 is 5.32 Å². The number of thioether (sulfide) groups is 1. The van der Waals surface area contributed by atoms with E-state index in [0.717, 1.165) is 16.7 Å². The molecule has 0 atom stereocenters. The van der Waals surface area contributed by atoms with Crippen LogP contribution in [0.5, 0.6) is 0 Å². The molecule has 3 amide bonds. The van der Waals surface area contributed by atoms with Gasteiger partial charge in [-0.2, -0.15) is 0 Å². The molecule has 26 heavy (non-hydrogen) atoms. The zero-order valence-electron chi connectivity index (χ0n) is 14.8. The first-order valence-electron chi connectivity index (χ1n) is 8.14. The minimum Gasteiger partial charge on any atom is -0.354 e. The molecule has 0 radical (unpaired) electrons. The van der Waals surface area contributed by atoms with E-state index >= 15 is 0 Å². The number of imide groups is 1. The van der Waals surface area contributed by atoms with Gasteiger partial charge >= 0.3 is 0 Å². The fourth-order valence-electron chi connectivity index (χ4n) is 2.13. The van der Waals surface area contributed by atoms with Gasteiger partial charge in [-0.25, -0.2) is 0 Å². The van der Waals surface area contributed by atoms with Crippen molar-refractivity contribution in [3.63, 3.8) is 0 Å². The van der Waals surface area contributed by atoms with Gasteiger partial charge < -0.3 is 5.32 Å². The molecule has 1 saturated heterocycles. The van der Waals surface area contributed by atoms with Crippen molar-refractivity contribution in [2.24, 2.45) is 5.41 Å². The Balaban J connectivity index is 2.02. The van der Waals surface area contributed by atoms with Crippen LogP contribution in [0.1, 0.15) is 32.8 Å². The van der Waals surface area contributed by atoms with Gasteiger partial charge in [0.25, 0.3) is 11.1 Å². The molecule has 1 aromatic rings. The van der Waals surface area contributed by atoms with Crippen LogP contribution in [0.2, 0.25) is 10.0 Å². The summed E-state index contributed by atoms with van der Waals surface area (Å²) < 4.78 is 0. The number of amides is 3. The minimum atomic E-state index is -0.482. The predicted molar refractivity (Wildman–Crippen MR) is 106 cm³/mol. The molecule has 1 aliphatic rings. The van der Waals surface area contributed by atoms with E-state index in [1.165, 1.54) is 0 Å². The number of carbonyl (C=O) groups is 3.